The summed E-state index contributed by atoms with van der Waals surface area (Å²) in [5.74, 6) is 0.956. The van der Waals surface area contributed by atoms with Gasteiger partial charge in [-0.05, 0) is 55.7 Å². The summed E-state index contributed by atoms with van der Waals surface area (Å²) in [4.78, 5) is 2.66. The number of anilines is 1. The maximum Gasteiger partial charge on any atom is 0.0368 e. The molecule has 110 valence electrons. The first-order valence-electron chi connectivity index (χ1n) is 8.39. The molecule has 2 aliphatic rings. The zero-order chi connectivity index (χ0) is 13.9. The molecule has 2 N–H and O–H groups in total. The predicted octanol–water partition coefficient (Wildman–Crippen LogP) is 3.74. The van der Waals surface area contributed by atoms with Crippen LogP contribution in [0.3, 0.4) is 0 Å². The summed E-state index contributed by atoms with van der Waals surface area (Å²) in [6.45, 7) is 3.41. The van der Waals surface area contributed by atoms with Gasteiger partial charge in [0.1, 0.15) is 0 Å². The lowest BCUT2D eigenvalue weighted by Crippen LogP contribution is -2.34. The topological polar surface area (TPSA) is 29.3 Å². The molecule has 1 aliphatic heterocycles. The smallest absolute Gasteiger partial charge is 0.0368 e. The fourth-order valence-corrected chi connectivity index (χ4v) is 4.00. The molecule has 0 aromatic heterocycles. The quantitative estimate of drug-likeness (QED) is 0.905. The summed E-state index contributed by atoms with van der Waals surface area (Å²) in [5.41, 5.74) is 8.84. The lowest BCUT2D eigenvalue weighted by molar-refractivity contribution is 0.342. The summed E-state index contributed by atoms with van der Waals surface area (Å²) >= 11 is 0. The Morgan fingerprint density at radius 1 is 1.15 bits per heavy atom. The van der Waals surface area contributed by atoms with Gasteiger partial charge < -0.3 is 10.6 Å². The normalized spacial score (nSPS) is 27.4. The first kappa shape index (κ1) is 13.9. The molecule has 0 bridgehead atoms. The van der Waals surface area contributed by atoms with Crippen LogP contribution in [0.5, 0.6) is 0 Å². The number of rotatable bonds is 4. The van der Waals surface area contributed by atoms with Gasteiger partial charge in [-0.15, -0.1) is 0 Å². The fourth-order valence-electron chi connectivity index (χ4n) is 4.00. The lowest BCUT2D eigenvalue weighted by atomic mass is 9.85. The third-order valence-electron chi connectivity index (χ3n) is 5.30. The van der Waals surface area contributed by atoms with E-state index in [0.29, 0.717) is 6.04 Å². The van der Waals surface area contributed by atoms with E-state index in [2.05, 4.69) is 36.1 Å². The van der Waals surface area contributed by atoms with Crippen molar-refractivity contribution in [1.29, 1.82) is 0 Å². The molecular weight excluding hydrogens is 244 g/mol. The number of hydrogen-bond acceptors (Lipinski definition) is 2. The largest absolute Gasteiger partial charge is 0.368 e. The maximum absolute atomic E-state index is 6.04. The van der Waals surface area contributed by atoms with Crippen molar-refractivity contribution in [3.63, 3.8) is 0 Å². The van der Waals surface area contributed by atoms with Crippen LogP contribution >= 0.6 is 0 Å². The van der Waals surface area contributed by atoms with Gasteiger partial charge in [0.15, 0.2) is 0 Å². The molecule has 3 atom stereocenters. The summed E-state index contributed by atoms with van der Waals surface area (Å²) < 4.78 is 0. The molecule has 3 unspecified atom stereocenters. The molecule has 1 aliphatic carbocycles. The Balaban J connectivity index is 1.68. The Morgan fingerprint density at radius 2 is 1.90 bits per heavy atom. The average Bonchev–Trinajstić information content (AvgIpc) is 2.92. The minimum Gasteiger partial charge on any atom is -0.368 e. The maximum atomic E-state index is 6.04. The van der Waals surface area contributed by atoms with Crippen LogP contribution in [-0.2, 0) is 6.42 Å². The molecule has 2 fully saturated rings. The lowest BCUT2D eigenvalue weighted by Gasteiger charge is -2.33. The number of hydrogen-bond donors (Lipinski definition) is 1. The molecule has 1 saturated carbocycles. The highest BCUT2D eigenvalue weighted by atomic mass is 15.2. The van der Waals surface area contributed by atoms with Gasteiger partial charge in [-0.1, -0.05) is 31.9 Å². The van der Waals surface area contributed by atoms with Gasteiger partial charge in [0.25, 0.3) is 0 Å². The Kier molecular flexibility index (Phi) is 4.30. The van der Waals surface area contributed by atoms with E-state index in [-0.39, 0.29) is 0 Å². The SMILES string of the molecule is CCC(N)Cc1ccc(N2CCC3CCCCC32)cc1. The van der Waals surface area contributed by atoms with Crippen LogP contribution < -0.4 is 10.6 Å². The Labute approximate surface area is 123 Å². The molecule has 2 nitrogen and oxygen atoms in total. The fraction of sp³-hybridized carbons (Fsp3) is 0.667. The molecule has 0 spiro atoms. The predicted molar refractivity (Wildman–Crippen MR) is 86.1 cm³/mol. The van der Waals surface area contributed by atoms with Crippen molar-refractivity contribution in [3.05, 3.63) is 29.8 Å². The van der Waals surface area contributed by atoms with Crippen LogP contribution in [-0.4, -0.2) is 18.6 Å². The second-order valence-electron chi connectivity index (χ2n) is 6.63. The van der Waals surface area contributed by atoms with Crippen molar-refractivity contribution < 1.29 is 0 Å². The third kappa shape index (κ3) is 2.85. The highest BCUT2D eigenvalue weighted by Crippen LogP contribution is 2.38. The molecule has 1 aromatic carbocycles. The van der Waals surface area contributed by atoms with Crippen molar-refractivity contribution >= 4 is 5.69 Å². The number of fused-ring (bicyclic) bond motifs is 1. The van der Waals surface area contributed by atoms with Gasteiger partial charge in [0.2, 0.25) is 0 Å². The summed E-state index contributed by atoms with van der Waals surface area (Å²) in [7, 11) is 0. The van der Waals surface area contributed by atoms with E-state index in [0.717, 1.165) is 24.8 Å². The molecule has 1 saturated heterocycles. The highest BCUT2D eigenvalue weighted by molar-refractivity contribution is 5.50. The van der Waals surface area contributed by atoms with Gasteiger partial charge in [-0.2, -0.15) is 0 Å². The number of nitrogens with two attached hydrogens (primary N) is 1. The van der Waals surface area contributed by atoms with Crippen LogP contribution in [0.2, 0.25) is 0 Å². The molecule has 20 heavy (non-hydrogen) atoms. The van der Waals surface area contributed by atoms with E-state index in [1.165, 1.54) is 49.9 Å². The van der Waals surface area contributed by atoms with E-state index >= 15 is 0 Å². The van der Waals surface area contributed by atoms with E-state index < -0.39 is 0 Å². The van der Waals surface area contributed by atoms with Gasteiger partial charge in [0.05, 0.1) is 0 Å². The van der Waals surface area contributed by atoms with Crippen LogP contribution in [0.1, 0.15) is 51.0 Å². The summed E-state index contributed by atoms with van der Waals surface area (Å²) in [5, 5.41) is 0. The number of nitrogens with zero attached hydrogens (tertiary/aromatic N) is 1. The number of benzene rings is 1. The average molecular weight is 272 g/mol. The second-order valence-corrected chi connectivity index (χ2v) is 6.63. The molecule has 1 heterocycles. The van der Waals surface area contributed by atoms with Crippen molar-refractivity contribution in [2.75, 3.05) is 11.4 Å². The van der Waals surface area contributed by atoms with Crippen LogP contribution in [0.15, 0.2) is 24.3 Å². The Hall–Kier alpha value is -1.02. The Bertz CT molecular complexity index is 426. The van der Waals surface area contributed by atoms with Crippen LogP contribution in [0.4, 0.5) is 5.69 Å². The van der Waals surface area contributed by atoms with Crippen LogP contribution in [0, 0.1) is 5.92 Å². The van der Waals surface area contributed by atoms with E-state index in [1.807, 2.05) is 0 Å². The van der Waals surface area contributed by atoms with Crippen LogP contribution in [0.25, 0.3) is 0 Å². The minimum atomic E-state index is 0.301. The monoisotopic (exact) mass is 272 g/mol. The van der Waals surface area contributed by atoms with Crippen molar-refractivity contribution in [2.45, 2.75) is 64.0 Å². The minimum absolute atomic E-state index is 0.301. The molecule has 1 aromatic rings. The second kappa shape index (κ2) is 6.17. The molecule has 0 amide bonds. The van der Waals surface area contributed by atoms with Crippen molar-refractivity contribution in [1.82, 2.24) is 0 Å². The van der Waals surface area contributed by atoms with Gasteiger partial charge in [0, 0.05) is 24.3 Å². The van der Waals surface area contributed by atoms with Gasteiger partial charge >= 0.3 is 0 Å². The first-order valence-corrected chi connectivity index (χ1v) is 8.39. The van der Waals surface area contributed by atoms with Gasteiger partial charge in [-0.3, -0.25) is 0 Å². The standard InChI is InChI=1S/C18H28N2/c1-2-16(19)13-14-7-9-17(10-8-14)20-12-11-15-5-3-4-6-18(15)20/h7-10,15-16,18H,2-6,11-13,19H2,1H3. The highest BCUT2D eigenvalue weighted by Gasteiger charge is 2.35. The zero-order valence-corrected chi connectivity index (χ0v) is 12.7. The third-order valence-corrected chi connectivity index (χ3v) is 5.30. The van der Waals surface area contributed by atoms with Gasteiger partial charge in [-0.25, -0.2) is 0 Å². The summed E-state index contributed by atoms with van der Waals surface area (Å²) in [6, 6.07) is 10.3. The molecule has 0 radical (unpaired) electrons. The van der Waals surface area contributed by atoms with Crippen molar-refractivity contribution in [3.8, 4) is 0 Å². The zero-order valence-electron chi connectivity index (χ0n) is 12.7. The Morgan fingerprint density at radius 3 is 2.65 bits per heavy atom. The first-order chi connectivity index (χ1) is 9.78. The molecule has 2 heteroatoms. The summed E-state index contributed by atoms with van der Waals surface area (Å²) in [6.07, 6.45) is 9.16. The molecule has 3 rings (SSSR count). The van der Waals surface area contributed by atoms with E-state index in [4.69, 9.17) is 5.73 Å². The van der Waals surface area contributed by atoms with Crippen molar-refractivity contribution in [2.24, 2.45) is 11.7 Å². The van der Waals surface area contributed by atoms with E-state index in [1.54, 1.807) is 0 Å². The molecular formula is C18H28N2. The van der Waals surface area contributed by atoms with E-state index in [9.17, 15) is 0 Å².